The monoisotopic (exact) mass is 1010 g/mol. The van der Waals surface area contributed by atoms with E-state index in [1.165, 1.54) is 15.8 Å². The molecular formula is C43H52N10O15P2. The summed E-state index contributed by atoms with van der Waals surface area (Å²) in [6.45, 7) is 0.844. The van der Waals surface area contributed by atoms with Crippen molar-refractivity contribution in [2.24, 2.45) is 0 Å². The fourth-order valence-electron chi connectivity index (χ4n) is 8.92. The third-order valence-corrected chi connectivity index (χ3v) is 15.1. The molecule has 0 aliphatic carbocycles. The number of aliphatic hydroxyl groups is 5. The second kappa shape index (κ2) is 20.2. The molecule has 0 spiro atoms. The van der Waals surface area contributed by atoms with E-state index in [1.807, 2.05) is 44.2 Å². The van der Waals surface area contributed by atoms with Gasteiger partial charge in [-0.3, -0.25) is 23.7 Å². The number of aliphatic hydroxyl groups excluding tert-OH is 5. The summed E-state index contributed by atoms with van der Waals surface area (Å²) in [6.07, 6.45) is -11.2. The number of carbonyl (C=O) groups excluding carboxylic acids is 2. The van der Waals surface area contributed by atoms with E-state index in [0.29, 0.717) is 16.9 Å². The highest BCUT2D eigenvalue weighted by molar-refractivity contribution is 7.61. The Hall–Kier alpha value is -5.76. The van der Waals surface area contributed by atoms with Gasteiger partial charge < -0.3 is 66.7 Å². The Bertz CT molecular complexity index is 2850. The number of urea groups is 1. The maximum Gasteiger partial charge on any atom is 0.481 e. The first kappa shape index (κ1) is 50.6. The Labute approximate surface area is 399 Å². The zero-order valence-corrected chi connectivity index (χ0v) is 39.2. The maximum atomic E-state index is 14.6. The number of aromatic nitrogens is 4. The predicted octanol–water partition coefficient (Wildman–Crippen LogP) is 1.25. The molecule has 12 atom stereocenters. The lowest BCUT2D eigenvalue weighted by Gasteiger charge is -2.56. The fourth-order valence-corrected chi connectivity index (χ4v) is 11.0. The van der Waals surface area contributed by atoms with E-state index in [2.05, 4.69) is 35.2 Å². The van der Waals surface area contributed by atoms with Gasteiger partial charge in [-0.25, -0.2) is 28.9 Å². The number of nitrogens with one attached hydrogen (secondary N) is 4. The molecule has 25 nitrogen and oxygen atoms in total. The number of amides is 3. The molecule has 2 unspecified atom stereocenters. The normalized spacial score (nSPS) is 25.6. The molecule has 27 heteroatoms. The molecule has 3 amide bonds. The van der Waals surface area contributed by atoms with Crippen LogP contribution in [-0.2, 0) is 38.4 Å². The smallest absolute Gasteiger partial charge is 0.388 e. The molecule has 13 N–H and O–H groups in total. The minimum atomic E-state index is -5.63. The molecule has 2 fully saturated rings. The largest absolute Gasteiger partial charge is 0.481 e. The van der Waals surface area contributed by atoms with Crippen LogP contribution in [0.25, 0.3) is 11.2 Å². The summed E-state index contributed by atoms with van der Waals surface area (Å²) < 4.78 is 46.5. The van der Waals surface area contributed by atoms with Gasteiger partial charge in [-0.05, 0) is 54.7 Å². The number of nitrogens with two attached hydrogens (primary N) is 1. The Morgan fingerprint density at radius 2 is 1.60 bits per heavy atom. The molecule has 3 aromatic carbocycles. The van der Waals surface area contributed by atoms with Crippen molar-refractivity contribution in [2.45, 2.75) is 87.2 Å². The van der Waals surface area contributed by atoms with Crippen LogP contribution >= 0.6 is 15.6 Å². The van der Waals surface area contributed by atoms with Gasteiger partial charge in [0.05, 0.1) is 30.9 Å². The van der Waals surface area contributed by atoms with E-state index in [1.54, 1.807) is 42.5 Å². The van der Waals surface area contributed by atoms with Crippen LogP contribution in [0.15, 0.2) is 85.5 Å². The van der Waals surface area contributed by atoms with Crippen LogP contribution in [-0.4, -0.2) is 141 Å². The van der Waals surface area contributed by atoms with Gasteiger partial charge in [0.1, 0.15) is 54.6 Å². The summed E-state index contributed by atoms with van der Waals surface area (Å²) in [5, 5.41) is 73.1. The van der Waals surface area contributed by atoms with E-state index in [-0.39, 0.29) is 35.5 Å². The van der Waals surface area contributed by atoms with Gasteiger partial charge in [0, 0.05) is 24.6 Å². The molecule has 5 aromatic rings. The topological polar surface area (TPSA) is 380 Å². The van der Waals surface area contributed by atoms with Crippen molar-refractivity contribution in [2.75, 3.05) is 35.7 Å². The number of ether oxygens (including phenoxy) is 1. The molecule has 8 rings (SSSR count). The molecule has 0 bridgehead atoms. The lowest BCUT2D eigenvalue weighted by Crippen LogP contribution is -2.80. The van der Waals surface area contributed by atoms with Crippen molar-refractivity contribution in [3.8, 4) is 0 Å². The first-order valence-corrected chi connectivity index (χ1v) is 24.7. The Kier molecular flexibility index (Phi) is 14.6. The van der Waals surface area contributed by atoms with Crippen LogP contribution < -0.4 is 26.6 Å². The lowest BCUT2D eigenvalue weighted by atomic mass is 9.70. The molecule has 0 saturated carbocycles. The molecule has 5 heterocycles. The number of carbonyl (C=O) groups is 2. The summed E-state index contributed by atoms with van der Waals surface area (Å²) in [7, 11) is -11.2. The molecular weight excluding hydrogens is 958 g/mol. The number of imide groups is 1. The molecule has 2 saturated heterocycles. The minimum absolute atomic E-state index is 0.0201. The number of phosphoric ester groups is 2. The third-order valence-electron chi connectivity index (χ3n) is 12.5. The molecule has 2 aromatic heterocycles. The number of benzene rings is 3. The lowest BCUT2D eigenvalue weighted by molar-refractivity contribution is -0.127. The summed E-state index contributed by atoms with van der Waals surface area (Å²) in [6, 6.07) is 20.9. The summed E-state index contributed by atoms with van der Waals surface area (Å²) in [5.74, 6) is -1.57. The number of nitrogen functional groups attached to an aromatic ring is 1. The number of aryl methyl sites for hydroxylation is 2. The predicted molar refractivity (Wildman–Crippen MR) is 248 cm³/mol. The summed E-state index contributed by atoms with van der Waals surface area (Å²) in [4.78, 5) is 62.0. The Balaban J connectivity index is 0.964. The minimum Gasteiger partial charge on any atom is -0.388 e. The van der Waals surface area contributed by atoms with Crippen molar-refractivity contribution < 1.29 is 72.1 Å². The molecule has 3 aliphatic rings. The number of anilines is 3. The highest BCUT2D eigenvalue weighted by atomic mass is 31.3. The average molecular weight is 1010 g/mol. The zero-order valence-electron chi connectivity index (χ0n) is 37.4. The van der Waals surface area contributed by atoms with Gasteiger partial charge in [-0.2, -0.15) is 4.31 Å². The van der Waals surface area contributed by atoms with E-state index in [9.17, 15) is 59.4 Å². The standard InChI is InChI=1S/C43H52N10O15P2/c1-22-13-28-29(14-23(22)2)52(40-43(51-28,41(59)50-42(60)49-40)27(25-11-7-4-8-12-25)16-26(44)15-24-9-5-3-6-10-24)17-30(54)34(56)31(55)18-65-69(61,62)68-70(63,64)66-19-32-35(57)36(58)39(67-32)53-21-48-33-37(45)46-20-47-38(33)53/h3-14,20-21,27,30-32,34-36,39-40,44,51,54-58H,15-19H2,1-2H3,(H,61,62)(H,63,64)(H2,45,46,47)(H2,49,50,59,60)/t27-,30-,31+,32+,34-,35+,36+,39+,40-,43-/m0/s1. The van der Waals surface area contributed by atoms with Gasteiger partial charge in [0.15, 0.2) is 23.2 Å². The molecule has 374 valence electrons. The van der Waals surface area contributed by atoms with E-state index < -0.39 is 108 Å². The van der Waals surface area contributed by atoms with Crippen LogP contribution in [0, 0.1) is 19.3 Å². The van der Waals surface area contributed by atoms with E-state index in [4.69, 9.17) is 19.5 Å². The fraction of sp³-hybridized carbons (Fsp3) is 0.395. The summed E-state index contributed by atoms with van der Waals surface area (Å²) >= 11 is 0. The van der Waals surface area contributed by atoms with Crippen LogP contribution in [0.2, 0.25) is 0 Å². The number of imidazole rings is 1. The van der Waals surface area contributed by atoms with Crippen molar-refractivity contribution in [1.82, 2.24) is 30.2 Å². The highest BCUT2D eigenvalue weighted by Crippen LogP contribution is 2.60. The SMILES string of the molecule is Cc1cc2c(cc1C)N(C[C@H](O)[C@H](O)[C@H](O)COP(=O)(O)OP(=O)(O)OC[C@H]1O[C@@H](n3cnc4c(N)ncnc43)[C@H](O)[C@@H]1O)[C@@H]1NC(=O)NC(=O)[C@@]1([C@@H](CC(=N)Cc1ccccc1)c1ccccc1)N2. The average Bonchev–Trinajstić information content (AvgIpc) is 3.87. The van der Waals surface area contributed by atoms with E-state index in [0.717, 1.165) is 23.0 Å². The van der Waals surface area contributed by atoms with Crippen molar-refractivity contribution in [3.05, 3.63) is 108 Å². The van der Waals surface area contributed by atoms with Crippen LogP contribution in [0.3, 0.4) is 0 Å². The number of rotatable bonds is 19. The number of hydrogen-bond acceptors (Lipinski definition) is 20. The molecule has 0 radical (unpaired) electrons. The van der Waals surface area contributed by atoms with Gasteiger partial charge in [-0.15, -0.1) is 0 Å². The van der Waals surface area contributed by atoms with Crippen molar-refractivity contribution >= 4 is 61.7 Å². The number of fused-ring (bicyclic) bond motifs is 3. The van der Waals surface area contributed by atoms with Crippen LogP contribution in [0.4, 0.5) is 22.0 Å². The van der Waals surface area contributed by atoms with Gasteiger partial charge in [0.2, 0.25) is 0 Å². The number of nitrogens with zero attached hydrogens (tertiary/aromatic N) is 5. The zero-order chi connectivity index (χ0) is 50.3. The summed E-state index contributed by atoms with van der Waals surface area (Å²) in [5.41, 5.74) is 8.46. The maximum absolute atomic E-state index is 14.6. The molecule has 70 heavy (non-hydrogen) atoms. The number of phosphoric acid groups is 2. The Morgan fingerprint density at radius 1 is 0.929 bits per heavy atom. The quantitative estimate of drug-likeness (QED) is 0.0409. The van der Waals surface area contributed by atoms with Crippen molar-refractivity contribution in [3.63, 3.8) is 0 Å². The van der Waals surface area contributed by atoms with E-state index >= 15 is 0 Å². The van der Waals surface area contributed by atoms with Crippen LogP contribution in [0.1, 0.15) is 40.8 Å². The second-order valence-corrected chi connectivity index (χ2v) is 20.3. The second-order valence-electron chi connectivity index (χ2n) is 17.2. The highest BCUT2D eigenvalue weighted by Gasteiger charge is 2.61. The first-order valence-electron chi connectivity index (χ1n) is 21.8. The van der Waals surface area contributed by atoms with Gasteiger partial charge in [0.25, 0.3) is 5.91 Å². The Morgan fingerprint density at radius 3 is 2.31 bits per heavy atom. The third kappa shape index (κ3) is 10.3. The number of hydrogen-bond donors (Lipinski definition) is 12. The molecule has 3 aliphatic heterocycles. The van der Waals surface area contributed by atoms with Crippen LogP contribution in [0.5, 0.6) is 0 Å². The number of β-amino-alcohol motifs (C(OH)–C–C–N with tert-alkyl or cyclic N) is 1. The van der Waals surface area contributed by atoms with Gasteiger partial charge >= 0.3 is 21.7 Å². The van der Waals surface area contributed by atoms with Gasteiger partial charge in [-0.1, -0.05) is 60.7 Å². The van der Waals surface area contributed by atoms with Crippen molar-refractivity contribution in [1.29, 1.82) is 5.41 Å². The first-order chi connectivity index (χ1) is 33.2.